The summed E-state index contributed by atoms with van der Waals surface area (Å²) in [6.07, 6.45) is 2.55. The summed E-state index contributed by atoms with van der Waals surface area (Å²) < 4.78 is 5.32. The number of ether oxygens (including phenoxy) is 1. The third kappa shape index (κ3) is 2.38. The van der Waals surface area contributed by atoms with Crippen molar-refractivity contribution >= 4 is 5.69 Å². The molecule has 90 valence electrons. The zero-order valence-electron chi connectivity index (χ0n) is 9.71. The van der Waals surface area contributed by atoms with Gasteiger partial charge < -0.3 is 14.7 Å². The van der Waals surface area contributed by atoms with E-state index in [-0.39, 0.29) is 18.8 Å². The molecule has 17 heavy (non-hydrogen) atoms. The SMILES string of the molecule is CO[C@@H]1C[C@@H](CO)N(c2ccnc(C#N)c2)C1. The highest BCUT2D eigenvalue weighted by molar-refractivity contribution is 5.51. The molecule has 1 saturated heterocycles. The van der Waals surface area contributed by atoms with Gasteiger partial charge in [-0.3, -0.25) is 0 Å². The molecule has 1 aromatic heterocycles. The van der Waals surface area contributed by atoms with Crippen LogP contribution < -0.4 is 4.90 Å². The van der Waals surface area contributed by atoms with E-state index < -0.39 is 0 Å². The molecule has 0 aromatic carbocycles. The van der Waals surface area contributed by atoms with Gasteiger partial charge in [0.15, 0.2) is 0 Å². The quantitative estimate of drug-likeness (QED) is 0.825. The number of hydrogen-bond acceptors (Lipinski definition) is 5. The molecule has 5 heteroatoms. The monoisotopic (exact) mass is 233 g/mol. The van der Waals surface area contributed by atoms with Gasteiger partial charge in [0.2, 0.25) is 0 Å². The molecule has 0 aliphatic carbocycles. The third-order valence-electron chi connectivity index (χ3n) is 3.11. The summed E-state index contributed by atoms with van der Waals surface area (Å²) in [5.74, 6) is 0. The van der Waals surface area contributed by atoms with Crippen LogP contribution in [0.25, 0.3) is 0 Å². The number of anilines is 1. The minimum Gasteiger partial charge on any atom is -0.394 e. The maximum Gasteiger partial charge on any atom is 0.142 e. The Bertz CT molecular complexity index is 430. The van der Waals surface area contributed by atoms with Crippen LogP contribution >= 0.6 is 0 Å². The predicted molar refractivity (Wildman–Crippen MR) is 62.6 cm³/mol. The van der Waals surface area contributed by atoms with Crippen molar-refractivity contribution in [2.75, 3.05) is 25.2 Å². The number of pyridine rings is 1. The number of hydrogen-bond donors (Lipinski definition) is 1. The van der Waals surface area contributed by atoms with E-state index in [1.807, 2.05) is 12.1 Å². The molecule has 0 saturated carbocycles. The van der Waals surface area contributed by atoms with Crippen LogP contribution in [0.4, 0.5) is 5.69 Å². The van der Waals surface area contributed by atoms with Gasteiger partial charge in [-0.25, -0.2) is 4.98 Å². The van der Waals surface area contributed by atoms with Crippen molar-refractivity contribution in [2.45, 2.75) is 18.6 Å². The summed E-state index contributed by atoms with van der Waals surface area (Å²) in [6, 6.07) is 5.65. The van der Waals surface area contributed by atoms with Crippen molar-refractivity contribution in [2.24, 2.45) is 0 Å². The Kier molecular flexibility index (Phi) is 3.57. The number of aliphatic hydroxyl groups excluding tert-OH is 1. The lowest BCUT2D eigenvalue weighted by Crippen LogP contribution is -2.32. The maximum absolute atomic E-state index is 9.36. The highest BCUT2D eigenvalue weighted by Crippen LogP contribution is 2.26. The number of nitrogens with zero attached hydrogens (tertiary/aromatic N) is 3. The van der Waals surface area contributed by atoms with E-state index in [1.54, 1.807) is 19.4 Å². The number of nitriles is 1. The molecule has 5 nitrogen and oxygen atoms in total. The van der Waals surface area contributed by atoms with Gasteiger partial charge in [0, 0.05) is 25.5 Å². The van der Waals surface area contributed by atoms with E-state index in [4.69, 9.17) is 10.00 Å². The van der Waals surface area contributed by atoms with Crippen molar-refractivity contribution in [1.29, 1.82) is 5.26 Å². The highest BCUT2D eigenvalue weighted by atomic mass is 16.5. The highest BCUT2D eigenvalue weighted by Gasteiger charge is 2.31. The molecule has 2 atom stereocenters. The molecule has 0 radical (unpaired) electrons. The summed E-state index contributed by atoms with van der Waals surface area (Å²) >= 11 is 0. The second kappa shape index (κ2) is 5.13. The minimum atomic E-state index is 0.0499. The first-order chi connectivity index (χ1) is 8.28. The van der Waals surface area contributed by atoms with Gasteiger partial charge in [0.05, 0.1) is 18.8 Å². The lowest BCUT2D eigenvalue weighted by atomic mass is 10.2. The molecule has 1 aliphatic heterocycles. The topological polar surface area (TPSA) is 69.4 Å². The minimum absolute atomic E-state index is 0.0499. The first-order valence-electron chi connectivity index (χ1n) is 5.55. The Morgan fingerprint density at radius 2 is 2.53 bits per heavy atom. The van der Waals surface area contributed by atoms with Gasteiger partial charge in [-0.1, -0.05) is 0 Å². The van der Waals surface area contributed by atoms with E-state index in [2.05, 4.69) is 9.88 Å². The van der Waals surface area contributed by atoms with Crippen LogP contribution in [0.2, 0.25) is 0 Å². The maximum atomic E-state index is 9.36. The first kappa shape index (κ1) is 11.8. The van der Waals surface area contributed by atoms with E-state index >= 15 is 0 Å². The number of methoxy groups -OCH3 is 1. The Hall–Kier alpha value is -1.64. The average molecular weight is 233 g/mol. The molecule has 0 spiro atoms. The summed E-state index contributed by atoms with van der Waals surface area (Å²) in [6.45, 7) is 0.820. The Morgan fingerprint density at radius 1 is 1.71 bits per heavy atom. The molecular weight excluding hydrogens is 218 g/mol. The molecule has 1 N–H and O–H groups in total. The second-order valence-corrected chi connectivity index (χ2v) is 4.09. The molecule has 0 unspecified atom stereocenters. The lowest BCUT2D eigenvalue weighted by Gasteiger charge is -2.24. The van der Waals surface area contributed by atoms with Crippen LogP contribution in [-0.4, -0.2) is 42.5 Å². The van der Waals surface area contributed by atoms with Crippen molar-refractivity contribution in [3.63, 3.8) is 0 Å². The van der Waals surface area contributed by atoms with Crippen molar-refractivity contribution in [3.05, 3.63) is 24.0 Å². The number of aliphatic hydroxyl groups is 1. The third-order valence-corrected chi connectivity index (χ3v) is 3.11. The summed E-state index contributed by atoms with van der Waals surface area (Å²) in [5, 5.41) is 18.2. The van der Waals surface area contributed by atoms with Crippen LogP contribution in [0.3, 0.4) is 0 Å². The fourth-order valence-electron chi connectivity index (χ4n) is 2.19. The van der Waals surface area contributed by atoms with Gasteiger partial charge in [0.1, 0.15) is 11.8 Å². The molecule has 0 amide bonds. The largest absolute Gasteiger partial charge is 0.394 e. The smallest absolute Gasteiger partial charge is 0.142 e. The van der Waals surface area contributed by atoms with E-state index in [9.17, 15) is 5.11 Å². The van der Waals surface area contributed by atoms with Crippen molar-refractivity contribution in [3.8, 4) is 6.07 Å². The lowest BCUT2D eigenvalue weighted by molar-refractivity contribution is 0.115. The Morgan fingerprint density at radius 3 is 3.18 bits per heavy atom. The van der Waals surface area contributed by atoms with Crippen LogP contribution in [0, 0.1) is 11.3 Å². The fourth-order valence-corrected chi connectivity index (χ4v) is 2.19. The first-order valence-corrected chi connectivity index (χ1v) is 5.55. The zero-order chi connectivity index (χ0) is 12.3. The van der Waals surface area contributed by atoms with Gasteiger partial charge in [-0.15, -0.1) is 0 Å². The average Bonchev–Trinajstić information content (AvgIpc) is 2.82. The predicted octanol–water partition coefficient (Wildman–Crippen LogP) is 0.539. The number of rotatable bonds is 3. The number of aromatic nitrogens is 1. The van der Waals surface area contributed by atoms with Crippen LogP contribution in [0.5, 0.6) is 0 Å². The fraction of sp³-hybridized carbons (Fsp3) is 0.500. The van der Waals surface area contributed by atoms with Crippen LogP contribution in [-0.2, 0) is 4.74 Å². The molecule has 1 aliphatic rings. The van der Waals surface area contributed by atoms with Gasteiger partial charge >= 0.3 is 0 Å². The zero-order valence-corrected chi connectivity index (χ0v) is 9.71. The van der Waals surface area contributed by atoms with Gasteiger partial charge in [-0.05, 0) is 18.6 Å². The van der Waals surface area contributed by atoms with Crippen molar-refractivity contribution < 1.29 is 9.84 Å². The molecular formula is C12H15N3O2. The molecule has 1 fully saturated rings. The molecule has 1 aromatic rings. The van der Waals surface area contributed by atoms with Crippen LogP contribution in [0.15, 0.2) is 18.3 Å². The van der Waals surface area contributed by atoms with E-state index in [0.717, 1.165) is 18.7 Å². The molecule has 2 rings (SSSR count). The standard InChI is InChI=1S/C12H15N3O2/c1-17-12-5-11(8-16)15(7-12)10-2-3-14-9(4-10)6-13/h2-4,11-12,16H,5,7-8H2,1H3/t11-,12+/m0/s1. The molecule has 2 heterocycles. The normalized spacial score (nSPS) is 23.7. The van der Waals surface area contributed by atoms with Crippen LogP contribution in [0.1, 0.15) is 12.1 Å². The Balaban J connectivity index is 2.23. The van der Waals surface area contributed by atoms with Gasteiger partial charge in [0.25, 0.3) is 0 Å². The summed E-state index contributed by atoms with van der Waals surface area (Å²) in [7, 11) is 1.68. The van der Waals surface area contributed by atoms with E-state index in [1.165, 1.54) is 0 Å². The van der Waals surface area contributed by atoms with E-state index in [0.29, 0.717) is 5.69 Å². The summed E-state index contributed by atoms with van der Waals surface area (Å²) in [5.41, 5.74) is 1.30. The summed E-state index contributed by atoms with van der Waals surface area (Å²) in [4.78, 5) is 6.00. The van der Waals surface area contributed by atoms with Gasteiger partial charge in [-0.2, -0.15) is 5.26 Å². The Labute approximate surface area is 100 Å². The second-order valence-electron chi connectivity index (χ2n) is 4.09. The van der Waals surface area contributed by atoms with Crippen molar-refractivity contribution in [1.82, 2.24) is 4.98 Å². The molecule has 0 bridgehead atoms.